The van der Waals surface area contributed by atoms with Crippen molar-refractivity contribution in [3.05, 3.63) is 32.4 Å². The van der Waals surface area contributed by atoms with Crippen molar-refractivity contribution in [2.24, 2.45) is 0 Å². The lowest BCUT2D eigenvalue weighted by Gasteiger charge is -2.05. The van der Waals surface area contributed by atoms with Gasteiger partial charge in [0, 0.05) is 9.13 Å². The molecule has 0 N–H and O–H groups in total. The summed E-state index contributed by atoms with van der Waals surface area (Å²) >= 11 is 7.57. The number of rotatable bonds is 2. The highest BCUT2D eigenvalue weighted by molar-refractivity contribution is 14.1. The maximum Gasteiger partial charge on any atom is 0.177 e. The lowest BCUT2D eigenvalue weighted by atomic mass is 10.0. The van der Waals surface area contributed by atoms with E-state index in [1.807, 2.05) is 13.0 Å². The number of alkyl halides is 1. The number of nitrogens with zero attached hydrogens (tertiary/aromatic N) is 1. The van der Waals surface area contributed by atoms with Crippen LogP contribution in [0, 0.1) is 21.8 Å². The highest BCUT2D eigenvalue weighted by Gasteiger charge is 2.11. The number of nitriles is 1. The van der Waals surface area contributed by atoms with Crippen molar-refractivity contribution < 1.29 is 4.79 Å². The van der Waals surface area contributed by atoms with Crippen LogP contribution < -0.4 is 0 Å². The SMILES string of the molecule is Cc1c(I)cc(C#N)cc1C(=O)CCl. The number of benzene rings is 1. The van der Waals surface area contributed by atoms with E-state index in [0.717, 1.165) is 9.13 Å². The molecule has 0 heterocycles. The predicted octanol–water partition coefficient (Wildman–Crippen LogP) is 2.89. The molecular weight excluding hydrogens is 312 g/mol. The van der Waals surface area contributed by atoms with Crippen molar-refractivity contribution in [1.29, 1.82) is 5.26 Å². The second kappa shape index (κ2) is 4.76. The molecule has 0 saturated carbocycles. The third kappa shape index (κ3) is 2.25. The second-order valence-electron chi connectivity index (χ2n) is 2.80. The number of hydrogen-bond donors (Lipinski definition) is 0. The van der Waals surface area contributed by atoms with E-state index in [0.29, 0.717) is 11.1 Å². The Bertz CT molecular complexity index is 423. The number of halogens is 2. The maximum atomic E-state index is 11.4. The predicted molar refractivity (Wildman–Crippen MR) is 63.7 cm³/mol. The average Bonchev–Trinajstić information content (AvgIpc) is 2.20. The highest BCUT2D eigenvalue weighted by Crippen LogP contribution is 2.19. The lowest BCUT2D eigenvalue weighted by Crippen LogP contribution is -2.05. The standard InChI is InChI=1S/C10H7ClINO/c1-6-8(10(14)4-11)2-7(5-13)3-9(6)12/h2-3H,4H2,1H3. The Kier molecular flexibility index (Phi) is 3.90. The molecule has 0 aliphatic carbocycles. The van der Waals surface area contributed by atoms with E-state index in [1.165, 1.54) is 0 Å². The van der Waals surface area contributed by atoms with E-state index in [9.17, 15) is 4.79 Å². The monoisotopic (exact) mass is 319 g/mol. The minimum atomic E-state index is -0.140. The third-order valence-corrected chi connectivity index (χ3v) is 3.26. The molecule has 14 heavy (non-hydrogen) atoms. The first kappa shape index (κ1) is 11.5. The van der Waals surface area contributed by atoms with E-state index in [4.69, 9.17) is 16.9 Å². The first-order chi connectivity index (χ1) is 6.60. The van der Waals surface area contributed by atoms with Crippen LogP contribution in [0.25, 0.3) is 0 Å². The van der Waals surface area contributed by atoms with Crippen molar-refractivity contribution in [3.63, 3.8) is 0 Å². The number of Topliss-reactive ketones (excluding diaryl/α,β-unsaturated/α-hetero) is 1. The van der Waals surface area contributed by atoms with Crippen LogP contribution in [-0.4, -0.2) is 11.7 Å². The Balaban J connectivity index is 3.36. The summed E-state index contributed by atoms with van der Waals surface area (Å²) in [5.74, 6) is -0.189. The van der Waals surface area contributed by atoms with Crippen LogP contribution >= 0.6 is 34.2 Å². The molecule has 0 bridgehead atoms. The Labute approximate surface area is 101 Å². The van der Waals surface area contributed by atoms with Crippen molar-refractivity contribution in [3.8, 4) is 6.07 Å². The lowest BCUT2D eigenvalue weighted by molar-refractivity contribution is 0.102. The van der Waals surface area contributed by atoms with Gasteiger partial charge in [0.2, 0.25) is 0 Å². The fraction of sp³-hybridized carbons (Fsp3) is 0.200. The molecule has 2 nitrogen and oxygen atoms in total. The van der Waals surface area contributed by atoms with E-state index in [-0.39, 0.29) is 11.7 Å². The zero-order valence-electron chi connectivity index (χ0n) is 7.47. The molecule has 0 aliphatic heterocycles. The summed E-state index contributed by atoms with van der Waals surface area (Å²) in [4.78, 5) is 11.4. The van der Waals surface area contributed by atoms with Crippen LogP contribution in [0.2, 0.25) is 0 Å². The zero-order valence-corrected chi connectivity index (χ0v) is 10.4. The van der Waals surface area contributed by atoms with Crippen LogP contribution in [0.15, 0.2) is 12.1 Å². The van der Waals surface area contributed by atoms with Gasteiger partial charge in [0.1, 0.15) is 0 Å². The van der Waals surface area contributed by atoms with Gasteiger partial charge in [0.05, 0.1) is 17.5 Å². The zero-order chi connectivity index (χ0) is 10.7. The van der Waals surface area contributed by atoms with E-state index in [1.54, 1.807) is 12.1 Å². The Morgan fingerprint density at radius 2 is 2.29 bits per heavy atom. The molecule has 4 heteroatoms. The van der Waals surface area contributed by atoms with Crippen LogP contribution in [0.3, 0.4) is 0 Å². The van der Waals surface area contributed by atoms with Gasteiger partial charge in [0.15, 0.2) is 5.78 Å². The third-order valence-electron chi connectivity index (χ3n) is 1.90. The van der Waals surface area contributed by atoms with Gasteiger partial charge in [-0.2, -0.15) is 5.26 Å². The molecule has 72 valence electrons. The molecular formula is C10H7ClINO. The smallest absolute Gasteiger partial charge is 0.177 e. The van der Waals surface area contributed by atoms with E-state index < -0.39 is 0 Å². The van der Waals surface area contributed by atoms with Crippen LogP contribution in [0.5, 0.6) is 0 Å². The summed E-state index contributed by atoms with van der Waals surface area (Å²) in [7, 11) is 0. The van der Waals surface area contributed by atoms with Crippen LogP contribution in [-0.2, 0) is 0 Å². The van der Waals surface area contributed by atoms with Gasteiger partial charge in [-0.1, -0.05) is 0 Å². The first-order valence-corrected chi connectivity index (χ1v) is 5.51. The van der Waals surface area contributed by atoms with Crippen LogP contribution in [0.4, 0.5) is 0 Å². The molecule has 1 rings (SSSR count). The quantitative estimate of drug-likeness (QED) is 0.478. The van der Waals surface area contributed by atoms with Gasteiger partial charge < -0.3 is 0 Å². The Hall–Kier alpha value is -0.600. The number of hydrogen-bond acceptors (Lipinski definition) is 2. The second-order valence-corrected chi connectivity index (χ2v) is 4.23. The minimum Gasteiger partial charge on any atom is -0.293 e. The van der Waals surface area contributed by atoms with Gasteiger partial charge in [-0.05, 0) is 47.2 Å². The first-order valence-electron chi connectivity index (χ1n) is 3.89. The molecule has 0 saturated heterocycles. The van der Waals surface area contributed by atoms with Crippen molar-refractivity contribution >= 4 is 40.0 Å². The van der Waals surface area contributed by atoms with Crippen LogP contribution in [0.1, 0.15) is 21.5 Å². The normalized spacial score (nSPS) is 9.57. The maximum absolute atomic E-state index is 11.4. The summed E-state index contributed by atoms with van der Waals surface area (Å²) in [5.41, 5.74) is 1.92. The van der Waals surface area contributed by atoms with E-state index in [2.05, 4.69) is 22.6 Å². The molecule has 0 aliphatic rings. The molecule has 0 amide bonds. The summed E-state index contributed by atoms with van der Waals surface area (Å²) in [5, 5.41) is 8.73. The minimum absolute atomic E-state index is 0.0498. The number of carbonyl (C=O) groups excluding carboxylic acids is 1. The van der Waals surface area contributed by atoms with Gasteiger partial charge in [0.25, 0.3) is 0 Å². The Morgan fingerprint density at radius 1 is 1.64 bits per heavy atom. The van der Waals surface area contributed by atoms with Gasteiger partial charge in [-0.3, -0.25) is 4.79 Å². The fourth-order valence-corrected chi connectivity index (χ4v) is 1.88. The highest BCUT2D eigenvalue weighted by atomic mass is 127. The summed E-state index contributed by atoms with van der Waals surface area (Å²) in [6, 6.07) is 5.35. The Morgan fingerprint density at radius 3 is 2.79 bits per heavy atom. The summed E-state index contributed by atoms with van der Waals surface area (Å²) in [6.07, 6.45) is 0. The van der Waals surface area contributed by atoms with Crippen molar-refractivity contribution in [2.75, 3.05) is 5.88 Å². The molecule has 0 radical (unpaired) electrons. The molecule has 0 unspecified atom stereocenters. The van der Waals surface area contributed by atoms with Gasteiger partial charge in [-0.15, -0.1) is 11.6 Å². The largest absolute Gasteiger partial charge is 0.293 e. The number of ketones is 1. The molecule has 1 aromatic carbocycles. The summed E-state index contributed by atoms with van der Waals surface area (Å²) in [6.45, 7) is 1.85. The fourth-order valence-electron chi connectivity index (χ4n) is 1.11. The molecule has 0 atom stereocenters. The molecule has 0 spiro atoms. The molecule has 0 fully saturated rings. The van der Waals surface area contributed by atoms with Gasteiger partial charge >= 0.3 is 0 Å². The van der Waals surface area contributed by atoms with Crippen molar-refractivity contribution in [2.45, 2.75) is 6.92 Å². The van der Waals surface area contributed by atoms with Gasteiger partial charge in [-0.25, -0.2) is 0 Å². The average molecular weight is 320 g/mol. The summed E-state index contributed by atoms with van der Waals surface area (Å²) < 4.78 is 0.912. The van der Waals surface area contributed by atoms with E-state index >= 15 is 0 Å². The topological polar surface area (TPSA) is 40.9 Å². The molecule has 0 aromatic heterocycles. The number of carbonyl (C=O) groups is 1. The molecule has 1 aromatic rings. The van der Waals surface area contributed by atoms with Crippen molar-refractivity contribution in [1.82, 2.24) is 0 Å².